The Morgan fingerprint density at radius 1 is 0.963 bits per heavy atom. The number of aromatic nitrogens is 6. The number of anilines is 2. The van der Waals surface area contributed by atoms with Gasteiger partial charge in [0.25, 0.3) is 0 Å². The maximum absolute atomic E-state index is 4.48. The third kappa shape index (κ3) is 3.17. The third-order valence-corrected chi connectivity index (χ3v) is 4.73. The van der Waals surface area contributed by atoms with Crippen LogP contribution in [0.25, 0.3) is 16.9 Å². The summed E-state index contributed by atoms with van der Waals surface area (Å²) in [5.41, 5.74) is 2.74. The molecule has 5 rings (SSSR count). The molecule has 0 unspecified atom stereocenters. The standard InChI is InChI=1S/C19H18N8/c1-3-19(24-23-16(1)15-5-7-20-8-6-15)26-12-14(13-26)11-22-17-2-4-18-21-9-10-27(18)25-17/h1-10,14H,11-13H2,(H,22,25). The van der Waals surface area contributed by atoms with E-state index in [1.54, 1.807) is 23.1 Å². The van der Waals surface area contributed by atoms with Crippen molar-refractivity contribution in [2.24, 2.45) is 5.92 Å². The molecule has 1 fully saturated rings. The number of pyridine rings is 1. The van der Waals surface area contributed by atoms with Gasteiger partial charge in [-0.3, -0.25) is 4.98 Å². The summed E-state index contributed by atoms with van der Waals surface area (Å²) < 4.78 is 1.77. The monoisotopic (exact) mass is 358 g/mol. The predicted molar refractivity (Wildman–Crippen MR) is 102 cm³/mol. The zero-order chi connectivity index (χ0) is 18.1. The highest BCUT2D eigenvalue weighted by molar-refractivity contribution is 5.59. The number of fused-ring (bicyclic) bond motifs is 1. The summed E-state index contributed by atoms with van der Waals surface area (Å²) in [4.78, 5) is 10.5. The molecule has 0 spiro atoms. The summed E-state index contributed by atoms with van der Waals surface area (Å²) >= 11 is 0. The highest BCUT2D eigenvalue weighted by Gasteiger charge is 2.27. The molecular weight excluding hydrogens is 340 g/mol. The molecular formula is C19H18N8. The van der Waals surface area contributed by atoms with Crippen LogP contribution in [-0.4, -0.2) is 49.4 Å². The summed E-state index contributed by atoms with van der Waals surface area (Å²) in [5.74, 6) is 2.34. The molecule has 1 N–H and O–H groups in total. The first kappa shape index (κ1) is 15.7. The first-order chi connectivity index (χ1) is 13.3. The van der Waals surface area contributed by atoms with E-state index in [-0.39, 0.29) is 0 Å². The van der Waals surface area contributed by atoms with E-state index in [1.807, 2.05) is 42.6 Å². The number of imidazole rings is 1. The number of rotatable bonds is 5. The van der Waals surface area contributed by atoms with Gasteiger partial charge in [-0.25, -0.2) is 9.50 Å². The molecule has 0 radical (unpaired) electrons. The Hall–Kier alpha value is -3.55. The minimum absolute atomic E-state index is 0.562. The average molecular weight is 358 g/mol. The largest absolute Gasteiger partial charge is 0.368 e. The molecule has 1 aliphatic rings. The fraction of sp³-hybridized carbons (Fsp3) is 0.211. The maximum atomic E-state index is 4.48. The van der Waals surface area contributed by atoms with Crippen LogP contribution in [0.4, 0.5) is 11.6 Å². The van der Waals surface area contributed by atoms with Crippen molar-refractivity contribution in [3.63, 3.8) is 0 Å². The van der Waals surface area contributed by atoms with Crippen LogP contribution in [0, 0.1) is 5.92 Å². The van der Waals surface area contributed by atoms with E-state index >= 15 is 0 Å². The van der Waals surface area contributed by atoms with Crippen molar-refractivity contribution in [3.05, 3.63) is 61.2 Å². The highest BCUT2D eigenvalue weighted by Crippen LogP contribution is 2.24. The molecule has 27 heavy (non-hydrogen) atoms. The quantitative estimate of drug-likeness (QED) is 0.585. The zero-order valence-corrected chi connectivity index (χ0v) is 14.6. The molecule has 4 aromatic heterocycles. The minimum Gasteiger partial charge on any atom is -0.368 e. The molecule has 8 nitrogen and oxygen atoms in total. The van der Waals surface area contributed by atoms with E-state index in [2.05, 4.69) is 35.5 Å². The Balaban J connectivity index is 1.16. The van der Waals surface area contributed by atoms with Crippen LogP contribution in [0.2, 0.25) is 0 Å². The van der Waals surface area contributed by atoms with Crippen molar-refractivity contribution in [1.29, 1.82) is 0 Å². The van der Waals surface area contributed by atoms with Gasteiger partial charge in [0.05, 0.1) is 5.69 Å². The van der Waals surface area contributed by atoms with Gasteiger partial charge in [0.1, 0.15) is 5.82 Å². The molecule has 4 aromatic rings. The first-order valence-electron chi connectivity index (χ1n) is 8.88. The molecule has 0 bridgehead atoms. The van der Waals surface area contributed by atoms with Crippen molar-refractivity contribution in [3.8, 4) is 11.3 Å². The number of hydrogen-bond acceptors (Lipinski definition) is 7. The van der Waals surface area contributed by atoms with E-state index in [0.29, 0.717) is 5.92 Å². The lowest BCUT2D eigenvalue weighted by Gasteiger charge is -2.40. The van der Waals surface area contributed by atoms with Gasteiger partial charge in [-0.05, 0) is 36.4 Å². The lowest BCUT2D eigenvalue weighted by molar-refractivity contribution is 0.425. The lowest BCUT2D eigenvalue weighted by atomic mass is 10.0. The van der Waals surface area contributed by atoms with Gasteiger partial charge < -0.3 is 10.2 Å². The van der Waals surface area contributed by atoms with E-state index < -0.39 is 0 Å². The second-order valence-electron chi connectivity index (χ2n) is 6.61. The summed E-state index contributed by atoms with van der Waals surface area (Å²) in [7, 11) is 0. The molecule has 0 aliphatic carbocycles. The topological polar surface area (TPSA) is 84.1 Å². The smallest absolute Gasteiger partial charge is 0.153 e. The van der Waals surface area contributed by atoms with Crippen LogP contribution in [0.15, 0.2) is 61.2 Å². The summed E-state index contributed by atoms with van der Waals surface area (Å²) in [5, 5.41) is 16.6. The number of hydrogen-bond donors (Lipinski definition) is 1. The van der Waals surface area contributed by atoms with Crippen molar-refractivity contribution in [2.75, 3.05) is 29.9 Å². The van der Waals surface area contributed by atoms with E-state index in [0.717, 1.165) is 48.2 Å². The Morgan fingerprint density at radius 2 is 1.85 bits per heavy atom. The summed E-state index contributed by atoms with van der Waals surface area (Å²) in [6.07, 6.45) is 7.12. The zero-order valence-electron chi connectivity index (χ0n) is 14.6. The van der Waals surface area contributed by atoms with Gasteiger partial charge >= 0.3 is 0 Å². The third-order valence-electron chi connectivity index (χ3n) is 4.73. The second kappa shape index (κ2) is 6.64. The van der Waals surface area contributed by atoms with Crippen molar-refractivity contribution in [1.82, 2.24) is 29.8 Å². The number of nitrogens with one attached hydrogen (secondary N) is 1. The van der Waals surface area contributed by atoms with Crippen molar-refractivity contribution >= 4 is 17.3 Å². The van der Waals surface area contributed by atoms with Crippen molar-refractivity contribution < 1.29 is 0 Å². The Labute approximate surface area is 155 Å². The van der Waals surface area contributed by atoms with Crippen LogP contribution in [0.5, 0.6) is 0 Å². The fourth-order valence-corrected chi connectivity index (χ4v) is 3.21. The SMILES string of the molecule is c1cc(-c2ccc(N3CC(CNc4ccc5nccn5n4)C3)nn2)ccn1. The summed E-state index contributed by atoms with van der Waals surface area (Å²) in [6, 6.07) is 11.8. The van der Waals surface area contributed by atoms with Crippen LogP contribution in [-0.2, 0) is 0 Å². The minimum atomic E-state index is 0.562. The molecule has 0 atom stereocenters. The maximum Gasteiger partial charge on any atom is 0.153 e. The fourth-order valence-electron chi connectivity index (χ4n) is 3.21. The normalized spacial score (nSPS) is 14.3. The molecule has 0 aromatic carbocycles. The van der Waals surface area contributed by atoms with Gasteiger partial charge in [-0.1, -0.05) is 0 Å². The van der Waals surface area contributed by atoms with Gasteiger partial charge in [0.15, 0.2) is 11.5 Å². The van der Waals surface area contributed by atoms with Gasteiger partial charge in [0.2, 0.25) is 0 Å². The molecule has 134 valence electrons. The van der Waals surface area contributed by atoms with Crippen LogP contribution in [0.3, 0.4) is 0 Å². The van der Waals surface area contributed by atoms with Crippen LogP contribution >= 0.6 is 0 Å². The van der Waals surface area contributed by atoms with Gasteiger partial charge in [-0.2, -0.15) is 0 Å². The predicted octanol–water partition coefficient (Wildman–Crippen LogP) is 2.13. The second-order valence-corrected chi connectivity index (χ2v) is 6.61. The Kier molecular flexibility index (Phi) is 3.86. The number of nitrogens with zero attached hydrogens (tertiary/aromatic N) is 7. The molecule has 0 amide bonds. The molecule has 0 saturated carbocycles. The van der Waals surface area contributed by atoms with Gasteiger partial charge in [0, 0.05) is 55.9 Å². The average Bonchev–Trinajstić information content (AvgIpc) is 3.16. The molecule has 1 saturated heterocycles. The molecule has 5 heterocycles. The highest BCUT2D eigenvalue weighted by atomic mass is 15.3. The lowest BCUT2D eigenvalue weighted by Crippen LogP contribution is -2.50. The van der Waals surface area contributed by atoms with Gasteiger partial charge in [-0.15, -0.1) is 15.3 Å². The van der Waals surface area contributed by atoms with E-state index in [1.165, 1.54) is 0 Å². The first-order valence-corrected chi connectivity index (χ1v) is 8.88. The Bertz CT molecular complexity index is 1040. The Morgan fingerprint density at radius 3 is 2.67 bits per heavy atom. The molecule has 1 aliphatic heterocycles. The van der Waals surface area contributed by atoms with Crippen LogP contribution in [0.1, 0.15) is 0 Å². The molecule has 8 heteroatoms. The van der Waals surface area contributed by atoms with Crippen molar-refractivity contribution in [2.45, 2.75) is 0 Å². The van der Waals surface area contributed by atoms with E-state index in [9.17, 15) is 0 Å². The summed E-state index contributed by atoms with van der Waals surface area (Å²) in [6.45, 7) is 2.80. The van der Waals surface area contributed by atoms with Crippen LogP contribution < -0.4 is 10.2 Å². The van der Waals surface area contributed by atoms with E-state index in [4.69, 9.17) is 0 Å².